The van der Waals surface area contributed by atoms with Crippen LogP contribution in [0.3, 0.4) is 0 Å². The summed E-state index contributed by atoms with van der Waals surface area (Å²) in [6.07, 6.45) is 5.47. The van der Waals surface area contributed by atoms with E-state index >= 15 is 0 Å². The third-order valence-corrected chi connectivity index (χ3v) is 5.21. The first-order chi connectivity index (χ1) is 11.5. The third kappa shape index (κ3) is 4.23. The lowest BCUT2D eigenvalue weighted by Crippen LogP contribution is -2.16. The molecule has 0 spiro atoms. The number of carboxylic acids is 1. The fourth-order valence-corrected chi connectivity index (χ4v) is 4.16. The molecule has 1 heterocycles. The molecule has 0 fully saturated rings. The van der Waals surface area contributed by atoms with Gasteiger partial charge in [0.25, 0.3) is 0 Å². The average molecular weight is 351 g/mol. The van der Waals surface area contributed by atoms with E-state index in [0.717, 1.165) is 48.3 Å². The molecule has 130 valence electrons. The number of fused-ring (bicyclic) bond motifs is 1. The number of aliphatic carboxylic acids is 1. The molecule has 1 aromatic heterocycles. The van der Waals surface area contributed by atoms with Crippen LogP contribution in [0.25, 0.3) is 0 Å². The van der Waals surface area contributed by atoms with Gasteiger partial charge in [-0.1, -0.05) is 13.3 Å². The normalized spacial score (nSPS) is 16.7. The predicted octanol–water partition coefficient (Wildman–Crippen LogP) is 3.02. The third-order valence-electron chi connectivity index (χ3n) is 4.04. The number of amides is 1. The summed E-state index contributed by atoms with van der Waals surface area (Å²) in [5.41, 5.74) is 1.38. The molecule has 0 unspecified atom stereocenters. The highest BCUT2D eigenvalue weighted by Crippen LogP contribution is 2.40. The molecule has 0 bridgehead atoms. The summed E-state index contributed by atoms with van der Waals surface area (Å²) in [6, 6.07) is 0. The molecular weight excluding hydrogens is 330 g/mol. The highest BCUT2D eigenvalue weighted by Gasteiger charge is 2.29. The van der Waals surface area contributed by atoms with Gasteiger partial charge in [-0.3, -0.25) is 4.79 Å². The van der Waals surface area contributed by atoms with Crippen LogP contribution in [0, 0.1) is 5.92 Å². The molecule has 7 heteroatoms. The molecule has 0 saturated carbocycles. The highest BCUT2D eigenvalue weighted by molar-refractivity contribution is 7.17. The Balaban J connectivity index is 2.32. The van der Waals surface area contributed by atoms with Crippen molar-refractivity contribution in [3.63, 3.8) is 0 Å². The van der Waals surface area contributed by atoms with Gasteiger partial charge >= 0.3 is 11.9 Å². The lowest BCUT2D eigenvalue weighted by Gasteiger charge is -2.20. The van der Waals surface area contributed by atoms with Crippen molar-refractivity contribution in [1.29, 1.82) is 0 Å². The SMILES string of the molecule is CCOC(=O)c1c(NC(=O)C=CC(=O)O)sc2c1CC[C@H](CC)C2. The number of rotatable bonds is 6. The molecule has 0 saturated heterocycles. The molecule has 2 rings (SSSR count). The Kier molecular flexibility index (Phi) is 6.14. The first kappa shape index (κ1) is 18.2. The van der Waals surface area contributed by atoms with Gasteiger partial charge in [0.15, 0.2) is 0 Å². The number of carbonyl (C=O) groups is 3. The summed E-state index contributed by atoms with van der Waals surface area (Å²) in [4.78, 5) is 35.8. The van der Waals surface area contributed by atoms with E-state index in [1.54, 1.807) is 6.92 Å². The second-order valence-electron chi connectivity index (χ2n) is 5.61. The molecule has 0 aliphatic heterocycles. The summed E-state index contributed by atoms with van der Waals surface area (Å²) < 4.78 is 5.13. The minimum absolute atomic E-state index is 0.257. The highest BCUT2D eigenvalue weighted by atomic mass is 32.1. The van der Waals surface area contributed by atoms with Gasteiger partial charge in [-0.2, -0.15) is 0 Å². The second kappa shape index (κ2) is 8.10. The number of esters is 1. The van der Waals surface area contributed by atoms with E-state index in [2.05, 4.69) is 12.2 Å². The van der Waals surface area contributed by atoms with Crippen LogP contribution in [0.5, 0.6) is 0 Å². The van der Waals surface area contributed by atoms with Crippen LogP contribution in [-0.2, 0) is 27.2 Å². The molecule has 24 heavy (non-hydrogen) atoms. The Morgan fingerprint density at radius 3 is 2.71 bits per heavy atom. The van der Waals surface area contributed by atoms with Gasteiger partial charge in [-0.25, -0.2) is 9.59 Å². The van der Waals surface area contributed by atoms with Crippen molar-refractivity contribution in [2.75, 3.05) is 11.9 Å². The summed E-state index contributed by atoms with van der Waals surface area (Å²) in [5, 5.41) is 11.7. The Bertz CT molecular complexity index is 677. The molecule has 1 aliphatic rings. The van der Waals surface area contributed by atoms with E-state index in [4.69, 9.17) is 9.84 Å². The number of thiophene rings is 1. The monoisotopic (exact) mass is 351 g/mol. The van der Waals surface area contributed by atoms with Crippen molar-refractivity contribution in [2.45, 2.75) is 39.5 Å². The van der Waals surface area contributed by atoms with Crippen LogP contribution in [0.4, 0.5) is 5.00 Å². The number of anilines is 1. The standard InChI is InChI=1S/C17H21NO5S/c1-3-10-5-6-11-12(9-10)24-16(15(11)17(22)23-4-2)18-13(19)7-8-14(20)21/h7-8,10H,3-6,9H2,1-2H3,(H,18,19)(H,20,21)/t10-/m0/s1. The van der Waals surface area contributed by atoms with Crippen LogP contribution in [0.1, 0.15) is 47.5 Å². The topological polar surface area (TPSA) is 92.7 Å². The van der Waals surface area contributed by atoms with Crippen molar-refractivity contribution >= 4 is 34.2 Å². The first-order valence-electron chi connectivity index (χ1n) is 7.99. The maximum Gasteiger partial charge on any atom is 0.341 e. The molecule has 1 aliphatic carbocycles. The molecule has 1 atom stereocenters. The lowest BCUT2D eigenvalue weighted by atomic mass is 9.85. The fourth-order valence-electron chi connectivity index (χ4n) is 2.81. The van der Waals surface area contributed by atoms with E-state index in [1.807, 2.05) is 0 Å². The molecule has 0 radical (unpaired) electrons. The lowest BCUT2D eigenvalue weighted by molar-refractivity contribution is -0.131. The zero-order valence-electron chi connectivity index (χ0n) is 13.8. The summed E-state index contributed by atoms with van der Waals surface area (Å²) in [5.74, 6) is -1.63. The Morgan fingerprint density at radius 2 is 2.08 bits per heavy atom. The van der Waals surface area contributed by atoms with Gasteiger partial charge in [-0.15, -0.1) is 11.3 Å². The van der Waals surface area contributed by atoms with E-state index < -0.39 is 17.8 Å². The van der Waals surface area contributed by atoms with E-state index in [-0.39, 0.29) is 6.61 Å². The fraction of sp³-hybridized carbons (Fsp3) is 0.471. The van der Waals surface area contributed by atoms with E-state index in [9.17, 15) is 14.4 Å². The smallest absolute Gasteiger partial charge is 0.341 e. The Morgan fingerprint density at radius 1 is 1.33 bits per heavy atom. The van der Waals surface area contributed by atoms with Crippen molar-refractivity contribution < 1.29 is 24.2 Å². The first-order valence-corrected chi connectivity index (χ1v) is 8.81. The van der Waals surface area contributed by atoms with Crippen molar-refractivity contribution in [2.24, 2.45) is 5.92 Å². The van der Waals surface area contributed by atoms with E-state index in [1.165, 1.54) is 11.3 Å². The number of carbonyl (C=O) groups excluding carboxylic acids is 2. The van der Waals surface area contributed by atoms with Crippen LogP contribution in [-0.4, -0.2) is 29.6 Å². The molecular formula is C17H21NO5S. The molecule has 0 aromatic carbocycles. The van der Waals surface area contributed by atoms with Gasteiger partial charge < -0.3 is 15.2 Å². The second-order valence-corrected chi connectivity index (χ2v) is 6.71. The Hall–Kier alpha value is -2.15. The minimum atomic E-state index is -1.20. The average Bonchev–Trinajstić information content (AvgIpc) is 2.89. The summed E-state index contributed by atoms with van der Waals surface area (Å²) in [6.45, 7) is 4.14. The van der Waals surface area contributed by atoms with Gasteiger partial charge in [0.2, 0.25) is 5.91 Å². The van der Waals surface area contributed by atoms with Crippen LogP contribution in [0.2, 0.25) is 0 Å². The number of hydrogen-bond donors (Lipinski definition) is 2. The molecule has 6 nitrogen and oxygen atoms in total. The number of hydrogen-bond acceptors (Lipinski definition) is 5. The maximum absolute atomic E-state index is 12.3. The molecule has 2 N–H and O–H groups in total. The predicted molar refractivity (Wildman–Crippen MR) is 91.5 cm³/mol. The van der Waals surface area contributed by atoms with Gasteiger partial charge in [0, 0.05) is 17.0 Å². The summed E-state index contributed by atoms with van der Waals surface area (Å²) >= 11 is 1.38. The number of nitrogens with one attached hydrogen (secondary N) is 1. The molecule has 1 aromatic rings. The minimum Gasteiger partial charge on any atom is -0.478 e. The van der Waals surface area contributed by atoms with Crippen LogP contribution >= 0.6 is 11.3 Å². The van der Waals surface area contributed by atoms with Gasteiger partial charge in [-0.05, 0) is 37.7 Å². The largest absolute Gasteiger partial charge is 0.478 e. The van der Waals surface area contributed by atoms with Crippen molar-refractivity contribution in [3.05, 3.63) is 28.2 Å². The zero-order chi connectivity index (χ0) is 17.7. The number of ether oxygens (including phenoxy) is 1. The molecule has 1 amide bonds. The van der Waals surface area contributed by atoms with Crippen molar-refractivity contribution in [3.8, 4) is 0 Å². The van der Waals surface area contributed by atoms with Crippen molar-refractivity contribution in [1.82, 2.24) is 0 Å². The summed E-state index contributed by atoms with van der Waals surface area (Å²) in [7, 11) is 0. The van der Waals surface area contributed by atoms with E-state index in [0.29, 0.717) is 16.5 Å². The quantitative estimate of drug-likeness (QED) is 0.607. The van der Waals surface area contributed by atoms with Gasteiger partial charge in [0.05, 0.1) is 12.2 Å². The number of carboxylic acid groups (broad SMARTS) is 1. The van der Waals surface area contributed by atoms with Crippen LogP contribution < -0.4 is 5.32 Å². The zero-order valence-corrected chi connectivity index (χ0v) is 14.6. The maximum atomic E-state index is 12.3. The van der Waals surface area contributed by atoms with Gasteiger partial charge in [0.1, 0.15) is 5.00 Å². The van der Waals surface area contributed by atoms with Crippen LogP contribution in [0.15, 0.2) is 12.2 Å². The Labute approximate surface area is 144 Å².